The lowest BCUT2D eigenvalue weighted by Gasteiger charge is -2.11. The van der Waals surface area contributed by atoms with Crippen LogP contribution in [-0.2, 0) is 11.3 Å². The first kappa shape index (κ1) is 15.5. The number of amides is 1. The van der Waals surface area contributed by atoms with Crippen molar-refractivity contribution in [1.82, 2.24) is 10.2 Å². The molecular formula is C18H18N2O2S. The molecule has 0 saturated carbocycles. The van der Waals surface area contributed by atoms with E-state index < -0.39 is 0 Å². The van der Waals surface area contributed by atoms with Crippen molar-refractivity contribution in [2.45, 2.75) is 26.3 Å². The number of thiocarbonyl (C=S) groups is 1. The Bertz CT molecular complexity index is 746. The van der Waals surface area contributed by atoms with Gasteiger partial charge in [0.1, 0.15) is 11.5 Å². The minimum absolute atomic E-state index is 0.140. The molecule has 0 aliphatic carbocycles. The molecule has 3 rings (SSSR count). The van der Waals surface area contributed by atoms with Gasteiger partial charge in [-0.3, -0.25) is 9.69 Å². The van der Waals surface area contributed by atoms with Crippen LogP contribution >= 0.6 is 12.2 Å². The second-order valence-electron chi connectivity index (χ2n) is 5.78. The topological polar surface area (TPSA) is 45.5 Å². The van der Waals surface area contributed by atoms with Crippen molar-refractivity contribution in [2.75, 3.05) is 0 Å². The Morgan fingerprint density at radius 3 is 2.61 bits per heavy atom. The highest BCUT2D eigenvalue weighted by atomic mass is 32.1. The standard InChI is InChI=1S/C18H18N2O2S/c1-12(2)14-7-5-13(6-8-14)10-16-17(21)20(18(23)19-16)11-15-4-3-9-22-15/h3-10,12H,11H2,1-2H3,(H,19,23)/b16-10-. The molecule has 2 aromatic rings. The van der Waals surface area contributed by atoms with Gasteiger partial charge in [-0.2, -0.15) is 0 Å². The summed E-state index contributed by atoms with van der Waals surface area (Å²) in [6.45, 7) is 4.64. The first-order chi connectivity index (χ1) is 11.0. The Morgan fingerprint density at radius 1 is 1.26 bits per heavy atom. The lowest BCUT2D eigenvalue weighted by molar-refractivity contribution is -0.122. The molecule has 5 heteroatoms. The Morgan fingerprint density at radius 2 is 2.00 bits per heavy atom. The summed E-state index contributed by atoms with van der Waals surface area (Å²) in [6.07, 6.45) is 3.40. The molecule has 1 amide bonds. The van der Waals surface area contributed by atoms with Crippen LogP contribution in [0.1, 0.15) is 36.7 Å². The van der Waals surface area contributed by atoms with Gasteiger partial charge in [0.2, 0.25) is 0 Å². The van der Waals surface area contributed by atoms with Gasteiger partial charge in [0.25, 0.3) is 5.91 Å². The highest BCUT2D eigenvalue weighted by molar-refractivity contribution is 7.80. The van der Waals surface area contributed by atoms with Gasteiger partial charge in [0.15, 0.2) is 5.11 Å². The fourth-order valence-electron chi connectivity index (χ4n) is 2.42. The van der Waals surface area contributed by atoms with Crippen LogP contribution in [0.25, 0.3) is 6.08 Å². The normalized spacial score (nSPS) is 16.5. The van der Waals surface area contributed by atoms with Gasteiger partial charge >= 0.3 is 0 Å². The highest BCUT2D eigenvalue weighted by Gasteiger charge is 2.31. The van der Waals surface area contributed by atoms with Crippen molar-refractivity contribution >= 4 is 29.3 Å². The zero-order valence-corrected chi connectivity index (χ0v) is 13.9. The van der Waals surface area contributed by atoms with Crippen LogP contribution in [0.3, 0.4) is 0 Å². The van der Waals surface area contributed by atoms with E-state index >= 15 is 0 Å². The fraction of sp³-hybridized carbons (Fsp3) is 0.222. The van der Waals surface area contributed by atoms with Crippen LogP contribution in [0.4, 0.5) is 0 Å². The number of carbonyl (C=O) groups excluding carboxylic acids is 1. The van der Waals surface area contributed by atoms with Crippen LogP contribution < -0.4 is 5.32 Å². The quantitative estimate of drug-likeness (QED) is 0.688. The van der Waals surface area contributed by atoms with E-state index in [1.165, 1.54) is 10.5 Å². The molecule has 118 valence electrons. The molecule has 0 spiro atoms. The largest absolute Gasteiger partial charge is 0.467 e. The molecule has 1 N–H and O–H groups in total. The SMILES string of the molecule is CC(C)c1ccc(/C=C2\NC(=S)N(Cc3ccco3)C2=O)cc1. The van der Waals surface area contributed by atoms with E-state index in [4.69, 9.17) is 16.6 Å². The van der Waals surface area contributed by atoms with Gasteiger partial charge in [0.05, 0.1) is 12.8 Å². The summed E-state index contributed by atoms with van der Waals surface area (Å²) in [5.41, 5.74) is 2.72. The summed E-state index contributed by atoms with van der Waals surface area (Å²) in [4.78, 5) is 14.0. The third kappa shape index (κ3) is 3.35. The third-order valence-corrected chi connectivity index (χ3v) is 4.09. The van der Waals surface area contributed by atoms with Crippen molar-refractivity contribution in [3.63, 3.8) is 0 Å². The number of rotatable bonds is 4. The Kier molecular flexibility index (Phi) is 4.30. The number of hydrogen-bond donors (Lipinski definition) is 1. The number of hydrogen-bond acceptors (Lipinski definition) is 3. The number of nitrogens with zero attached hydrogens (tertiary/aromatic N) is 1. The highest BCUT2D eigenvalue weighted by Crippen LogP contribution is 2.19. The average molecular weight is 326 g/mol. The summed E-state index contributed by atoms with van der Waals surface area (Å²) in [5.74, 6) is 1.05. The predicted octanol–water partition coefficient (Wildman–Crippen LogP) is 3.66. The van der Waals surface area contributed by atoms with Crippen molar-refractivity contribution in [1.29, 1.82) is 0 Å². The smallest absolute Gasteiger partial charge is 0.276 e. The maximum Gasteiger partial charge on any atom is 0.276 e. The second kappa shape index (κ2) is 6.38. The molecule has 1 aromatic heterocycles. The molecule has 1 fully saturated rings. The number of carbonyl (C=O) groups is 1. The molecule has 4 nitrogen and oxygen atoms in total. The molecule has 2 heterocycles. The molecule has 1 aromatic carbocycles. The number of furan rings is 1. The van der Waals surface area contributed by atoms with Gasteiger partial charge < -0.3 is 9.73 Å². The van der Waals surface area contributed by atoms with E-state index in [0.29, 0.717) is 29.0 Å². The summed E-state index contributed by atoms with van der Waals surface area (Å²) >= 11 is 5.25. The van der Waals surface area contributed by atoms with Crippen LogP contribution in [0.5, 0.6) is 0 Å². The van der Waals surface area contributed by atoms with Crippen LogP contribution in [0, 0.1) is 0 Å². The number of nitrogens with one attached hydrogen (secondary N) is 1. The second-order valence-corrected chi connectivity index (χ2v) is 6.17. The van der Waals surface area contributed by atoms with E-state index in [-0.39, 0.29) is 5.91 Å². The molecule has 1 aliphatic heterocycles. The third-order valence-electron chi connectivity index (χ3n) is 3.77. The van der Waals surface area contributed by atoms with Gasteiger partial charge in [-0.05, 0) is 47.5 Å². The van der Waals surface area contributed by atoms with E-state index in [9.17, 15) is 4.79 Å². The van der Waals surface area contributed by atoms with Crippen LogP contribution in [0.15, 0.2) is 52.8 Å². The predicted molar refractivity (Wildman–Crippen MR) is 93.5 cm³/mol. The zero-order chi connectivity index (χ0) is 16.4. The maximum absolute atomic E-state index is 12.5. The lowest BCUT2D eigenvalue weighted by atomic mass is 10.0. The molecule has 0 radical (unpaired) electrons. The van der Waals surface area contributed by atoms with Crippen molar-refractivity contribution in [2.24, 2.45) is 0 Å². The fourth-order valence-corrected chi connectivity index (χ4v) is 2.67. The molecule has 0 atom stereocenters. The molecule has 0 unspecified atom stereocenters. The minimum atomic E-state index is -0.140. The molecule has 0 bridgehead atoms. The summed E-state index contributed by atoms with van der Waals surface area (Å²) in [7, 11) is 0. The van der Waals surface area contributed by atoms with Crippen LogP contribution in [-0.4, -0.2) is 15.9 Å². The van der Waals surface area contributed by atoms with E-state index in [1.54, 1.807) is 12.3 Å². The first-order valence-electron chi connectivity index (χ1n) is 7.51. The van der Waals surface area contributed by atoms with Gasteiger partial charge in [-0.1, -0.05) is 38.1 Å². The van der Waals surface area contributed by atoms with Crippen molar-refractivity contribution in [3.05, 3.63) is 65.2 Å². The summed E-state index contributed by atoms with van der Waals surface area (Å²) in [6, 6.07) is 11.8. The van der Waals surface area contributed by atoms with E-state index in [2.05, 4.69) is 31.3 Å². The molecule has 23 heavy (non-hydrogen) atoms. The first-order valence-corrected chi connectivity index (χ1v) is 7.92. The van der Waals surface area contributed by atoms with E-state index in [0.717, 1.165) is 5.56 Å². The van der Waals surface area contributed by atoms with Gasteiger partial charge in [-0.15, -0.1) is 0 Å². The molecule has 1 aliphatic rings. The zero-order valence-electron chi connectivity index (χ0n) is 13.1. The van der Waals surface area contributed by atoms with Gasteiger partial charge in [0, 0.05) is 0 Å². The van der Waals surface area contributed by atoms with E-state index in [1.807, 2.05) is 24.3 Å². The maximum atomic E-state index is 12.5. The number of benzene rings is 1. The summed E-state index contributed by atoms with van der Waals surface area (Å²) in [5, 5.41) is 3.38. The van der Waals surface area contributed by atoms with Crippen molar-refractivity contribution in [3.8, 4) is 0 Å². The average Bonchev–Trinajstić information content (AvgIpc) is 3.12. The Hall–Kier alpha value is -2.40. The molecular weight excluding hydrogens is 308 g/mol. The van der Waals surface area contributed by atoms with Crippen molar-refractivity contribution < 1.29 is 9.21 Å². The Labute approximate surface area is 140 Å². The minimum Gasteiger partial charge on any atom is -0.467 e. The molecule has 1 saturated heterocycles. The summed E-state index contributed by atoms with van der Waals surface area (Å²) < 4.78 is 5.28. The van der Waals surface area contributed by atoms with Crippen LogP contribution in [0.2, 0.25) is 0 Å². The lowest BCUT2D eigenvalue weighted by Crippen LogP contribution is -2.29. The monoisotopic (exact) mass is 326 g/mol. The van der Waals surface area contributed by atoms with Gasteiger partial charge in [-0.25, -0.2) is 0 Å². The Balaban J connectivity index is 1.78.